The van der Waals surface area contributed by atoms with Gasteiger partial charge in [-0.2, -0.15) is 0 Å². The summed E-state index contributed by atoms with van der Waals surface area (Å²) in [6, 6.07) is 6.94. The van der Waals surface area contributed by atoms with E-state index in [9.17, 15) is 9.59 Å². The SMILES string of the molecule is Cc1cccc(C(=O)O[C@@H](C)C(N)=O)c1. The van der Waals surface area contributed by atoms with E-state index in [4.69, 9.17) is 10.5 Å². The molecule has 15 heavy (non-hydrogen) atoms. The Morgan fingerprint density at radius 3 is 2.60 bits per heavy atom. The fourth-order valence-corrected chi connectivity index (χ4v) is 1.06. The fraction of sp³-hybridized carbons (Fsp3) is 0.273. The van der Waals surface area contributed by atoms with Gasteiger partial charge in [0.05, 0.1) is 5.56 Å². The second-order valence-electron chi connectivity index (χ2n) is 3.32. The lowest BCUT2D eigenvalue weighted by Crippen LogP contribution is -2.30. The molecule has 1 aromatic carbocycles. The zero-order valence-corrected chi connectivity index (χ0v) is 8.69. The van der Waals surface area contributed by atoms with E-state index < -0.39 is 18.0 Å². The first-order valence-electron chi connectivity index (χ1n) is 4.57. The molecule has 4 nitrogen and oxygen atoms in total. The molecule has 0 aromatic heterocycles. The van der Waals surface area contributed by atoms with Crippen LogP contribution in [0, 0.1) is 6.92 Å². The predicted octanol–water partition coefficient (Wildman–Crippen LogP) is 1.03. The molecule has 0 heterocycles. The zero-order valence-electron chi connectivity index (χ0n) is 8.69. The normalized spacial score (nSPS) is 11.9. The Morgan fingerprint density at radius 1 is 1.40 bits per heavy atom. The molecular formula is C11H13NO3. The van der Waals surface area contributed by atoms with Crippen molar-refractivity contribution >= 4 is 11.9 Å². The monoisotopic (exact) mass is 207 g/mol. The van der Waals surface area contributed by atoms with Crippen molar-refractivity contribution in [3.63, 3.8) is 0 Å². The molecule has 1 amide bonds. The van der Waals surface area contributed by atoms with E-state index in [1.165, 1.54) is 6.92 Å². The van der Waals surface area contributed by atoms with Crippen molar-refractivity contribution in [3.8, 4) is 0 Å². The molecule has 2 N–H and O–H groups in total. The number of aryl methyl sites for hydroxylation is 1. The van der Waals surface area contributed by atoms with Crippen molar-refractivity contribution in [1.82, 2.24) is 0 Å². The molecule has 0 aliphatic heterocycles. The summed E-state index contributed by atoms with van der Waals surface area (Å²) in [5.74, 6) is -1.19. The first-order chi connectivity index (χ1) is 7.00. The Labute approximate surface area is 88.0 Å². The topological polar surface area (TPSA) is 69.4 Å². The van der Waals surface area contributed by atoms with Crippen LogP contribution in [0.1, 0.15) is 22.8 Å². The third-order valence-electron chi connectivity index (χ3n) is 1.94. The standard InChI is InChI=1S/C11H13NO3/c1-7-4-3-5-9(6-7)11(14)15-8(2)10(12)13/h3-6,8H,1-2H3,(H2,12,13)/t8-/m0/s1. The van der Waals surface area contributed by atoms with Gasteiger partial charge >= 0.3 is 5.97 Å². The summed E-state index contributed by atoms with van der Waals surface area (Å²) in [6.07, 6.45) is -0.905. The van der Waals surface area contributed by atoms with Crippen LogP contribution in [0.25, 0.3) is 0 Å². The molecule has 1 rings (SSSR count). The number of hydrogen-bond donors (Lipinski definition) is 1. The number of carbonyl (C=O) groups excluding carboxylic acids is 2. The number of primary amides is 1. The van der Waals surface area contributed by atoms with E-state index >= 15 is 0 Å². The first kappa shape index (κ1) is 11.2. The molecule has 0 aliphatic carbocycles. The van der Waals surface area contributed by atoms with Crippen LogP contribution >= 0.6 is 0 Å². The van der Waals surface area contributed by atoms with Gasteiger partial charge in [-0.1, -0.05) is 17.7 Å². The summed E-state index contributed by atoms with van der Waals surface area (Å²) in [4.78, 5) is 22.2. The lowest BCUT2D eigenvalue weighted by atomic mass is 10.1. The molecule has 0 bridgehead atoms. The summed E-state index contributed by atoms with van der Waals surface area (Å²) in [5, 5.41) is 0. The van der Waals surface area contributed by atoms with Gasteiger partial charge < -0.3 is 10.5 Å². The van der Waals surface area contributed by atoms with Crippen LogP contribution in [0.5, 0.6) is 0 Å². The van der Waals surface area contributed by atoms with Gasteiger partial charge in [0.15, 0.2) is 6.10 Å². The molecule has 0 aliphatic rings. The van der Waals surface area contributed by atoms with E-state index in [2.05, 4.69) is 0 Å². The van der Waals surface area contributed by atoms with Crippen LogP contribution in [-0.4, -0.2) is 18.0 Å². The number of hydrogen-bond acceptors (Lipinski definition) is 3. The molecule has 0 radical (unpaired) electrons. The molecule has 0 saturated carbocycles. The van der Waals surface area contributed by atoms with E-state index in [1.54, 1.807) is 18.2 Å². The summed E-state index contributed by atoms with van der Waals surface area (Å²) >= 11 is 0. The minimum Gasteiger partial charge on any atom is -0.449 e. The van der Waals surface area contributed by atoms with Gasteiger partial charge in [0.1, 0.15) is 0 Å². The average Bonchev–Trinajstić information content (AvgIpc) is 2.17. The summed E-state index contributed by atoms with van der Waals surface area (Å²) in [7, 11) is 0. The van der Waals surface area contributed by atoms with Crippen molar-refractivity contribution in [2.24, 2.45) is 5.73 Å². The van der Waals surface area contributed by atoms with Gasteiger partial charge in [-0.15, -0.1) is 0 Å². The van der Waals surface area contributed by atoms with Crippen LogP contribution < -0.4 is 5.73 Å². The van der Waals surface area contributed by atoms with E-state index in [0.717, 1.165) is 5.56 Å². The van der Waals surface area contributed by atoms with Crippen molar-refractivity contribution in [1.29, 1.82) is 0 Å². The highest BCUT2D eigenvalue weighted by Crippen LogP contribution is 2.06. The molecule has 0 unspecified atom stereocenters. The highest BCUT2D eigenvalue weighted by molar-refractivity contribution is 5.92. The van der Waals surface area contributed by atoms with Gasteiger partial charge in [-0.3, -0.25) is 4.79 Å². The molecular weight excluding hydrogens is 194 g/mol. The fourth-order valence-electron chi connectivity index (χ4n) is 1.06. The molecule has 80 valence electrons. The molecule has 1 atom stereocenters. The number of rotatable bonds is 3. The van der Waals surface area contributed by atoms with Crippen molar-refractivity contribution in [3.05, 3.63) is 35.4 Å². The van der Waals surface area contributed by atoms with Crippen LogP contribution in [0.2, 0.25) is 0 Å². The van der Waals surface area contributed by atoms with Crippen molar-refractivity contribution in [2.45, 2.75) is 20.0 Å². The maximum absolute atomic E-state index is 11.5. The quantitative estimate of drug-likeness (QED) is 0.752. The third kappa shape index (κ3) is 3.09. The number of ether oxygens (including phenoxy) is 1. The second-order valence-corrected chi connectivity index (χ2v) is 3.32. The van der Waals surface area contributed by atoms with Gasteiger partial charge in [0.2, 0.25) is 0 Å². The Morgan fingerprint density at radius 2 is 2.07 bits per heavy atom. The maximum atomic E-state index is 11.5. The Bertz CT molecular complexity index is 387. The number of amides is 1. The smallest absolute Gasteiger partial charge is 0.338 e. The van der Waals surface area contributed by atoms with E-state index in [0.29, 0.717) is 5.56 Å². The van der Waals surface area contributed by atoms with Crippen LogP contribution in [-0.2, 0) is 9.53 Å². The second kappa shape index (κ2) is 4.59. The number of esters is 1. The summed E-state index contributed by atoms with van der Waals surface area (Å²) in [5.41, 5.74) is 6.35. The third-order valence-corrected chi connectivity index (χ3v) is 1.94. The minimum atomic E-state index is -0.905. The summed E-state index contributed by atoms with van der Waals surface area (Å²) in [6.45, 7) is 3.31. The van der Waals surface area contributed by atoms with E-state index in [-0.39, 0.29) is 0 Å². The molecule has 0 saturated heterocycles. The minimum absolute atomic E-state index is 0.420. The Hall–Kier alpha value is -1.84. The lowest BCUT2D eigenvalue weighted by Gasteiger charge is -2.09. The van der Waals surface area contributed by atoms with Crippen LogP contribution in [0.3, 0.4) is 0 Å². The molecule has 0 fully saturated rings. The first-order valence-corrected chi connectivity index (χ1v) is 4.57. The highest BCUT2D eigenvalue weighted by atomic mass is 16.5. The lowest BCUT2D eigenvalue weighted by molar-refractivity contribution is -0.125. The molecule has 0 spiro atoms. The predicted molar refractivity (Wildman–Crippen MR) is 55.3 cm³/mol. The average molecular weight is 207 g/mol. The maximum Gasteiger partial charge on any atom is 0.338 e. The van der Waals surface area contributed by atoms with Gasteiger partial charge in [-0.05, 0) is 26.0 Å². The molecule has 4 heteroatoms. The van der Waals surface area contributed by atoms with Crippen molar-refractivity contribution in [2.75, 3.05) is 0 Å². The Balaban J connectivity index is 2.73. The van der Waals surface area contributed by atoms with Crippen LogP contribution in [0.15, 0.2) is 24.3 Å². The van der Waals surface area contributed by atoms with Crippen molar-refractivity contribution < 1.29 is 14.3 Å². The number of carbonyl (C=O) groups is 2. The van der Waals surface area contributed by atoms with Gasteiger partial charge in [0.25, 0.3) is 5.91 Å². The summed E-state index contributed by atoms with van der Waals surface area (Å²) < 4.78 is 4.84. The van der Waals surface area contributed by atoms with Gasteiger partial charge in [-0.25, -0.2) is 4.79 Å². The number of nitrogens with two attached hydrogens (primary N) is 1. The number of benzene rings is 1. The van der Waals surface area contributed by atoms with Crippen LogP contribution in [0.4, 0.5) is 0 Å². The van der Waals surface area contributed by atoms with E-state index in [1.807, 2.05) is 13.0 Å². The highest BCUT2D eigenvalue weighted by Gasteiger charge is 2.15. The van der Waals surface area contributed by atoms with Gasteiger partial charge in [0, 0.05) is 0 Å². The Kier molecular flexibility index (Phi) is 3.44. The zero-order chi connectivity index (χ0) is 11.4. The molecule has 1 aromatic rings. The largest absolute Gasteiger partial charge is 0.449 e.